The number of imidazole rings is 2. The molecular weight excluding hydrogens is 342 g/mol. The van der Waals surface area contributed by atoms with E-state index in [0.717, 1.165) is 54.9 Å². The van der Waals surface area contributed by atoms with E-state index in [2.05, 4.69) is 19.5 Å². The van der Waals surface area contributed by atoms with Crippen LogP contribution in [0.4, 0.5) is 0 Å². The lowest BCUT2D eigenvalue weighted by molar-refractivity contribution is -0.138. The van der Waals surface area contributed by atoms with Gasteiger partial charge in [-0.3, -0.25) is 4.79 Å². The zero-order chi connectivity index (χ0) is 18.6. The highest BCUT2D eigenvalue weighted by molar-refractivity contribution is 5.78. The minimum absolute atomic E-state index is 0.0534. The molecule has 0 aliphatic carbocycles. The van der Waals surface area contributed by atoms with Gasteiger partial charge in [-0.2, -0.15) is 0 Å². The molecule has 1 aliphatic heterocycles. The van der Waals surface area contributed by atoms with E-state index < -0.39 is 0 Å². The zero-order valence-electron chi connectivity index (χ0n) is 15.6. The van der Waals surface area contributed by atoms with E-state index in [-0.39, 0.29) is 12.5 Å². The van der Waals surface area contributed by atoms with E-state index in [1.807, 2.05) is 42.5 Å². The average Bonchev–Trinajstić information content (AvgIpc) is 3.32. The second-order valence-electron chi connectivity index (χ2n) is 7.25. The van der Waals surface area contributed by atoms with Crippen LogP contribution in [0.1, 0.15) is 24.2 Å². The Kier molecular flexibility index (Phi) is 5.20. The Labute approximate surface area is 158 Å². The van der Waals surface area contributed by atoms with Crippen molar-refractivity contribution in [3.63, 3.8) is 0 Å². The summed E-state index contributed by atoms with van der Waals surface area (Å²) in [6, 6.07) is 6.03. The lowest BCUT2D eigenvalue weighted by Crippen LogP contribution is -2.42. The number of benzene rings is 1. The first kappa shape index (κ1) is 17.7. The highest BCUT2D eigenvalue weighted by Gasteiger charge is 2.24. The number of aromatic amines is 1. The van der Waals surface area contributed by atoms with Crippen LogP contribution in [0, 0.1) is 12.8 Å². The average molecular weight is 367 g/mol. The summed E-state index contributed by atoms with van der Waals surface area (Å²) in [4.78, 5) is 26.3. The van der Waals surface area contributed by atoms with E-state index in [1.165, 1.54) is 0 Å². The minimum atomic E-state index is 0.0534. The second-order valence-corrected chi connectivity index (χ2v) is 7.25. The van der Waals surface area contributed by atoms with Crippen LogP contribution in [-0.2, 0) is 22.7 Å². The van der Waals surface area contributed by atoms with Gasteiger partial charge in [-0.15, -0.1) is 0 Å². The lowest BCUT2D eigenvalue weighted by Gasteiger charge is -2.32. The third kappa shape index (κ3) is 4.19. The molecule has 0 bridgehead atoms. The number of carbonyl (C=O) groups excluding carboxylic acids is 1. The van der Waals surface area contributed by atoms with E-state index >= 15 is 0 Å². The number of H-pyrrole nitrogens is 1. The van der Waals surface area contributed by atoms with Crippen LogP contribution >= 0.6 is 0 Å². The van der Waals surface area contributed by atoms with Gasteiger partial charge < -0.3 is 19.2 Å². The number of rotatable bonds is 6. The van der Waals surface area contributed by atoms with Crippen molar-refractivity contribution in [3.8, 4) is 0 Å². The van der Waals surface area contributed by atoms with Crippen molar-refractivity contribution in [3.05, 3.63) is 48.3 Å². The number of likely N-dealkylation sites (tertiary alicyclic amines) is 1. The molecule has 1 N–H and O–H groups in total. The summed E-state index contributed by atoms with van der Waals surface area (Å²) in [5.74, 6) is 1.27. The molecule has 0 saturated carbocycles. The molecule has 0 radical (unpaired) electrons. The van der Waals surface area contributed by atoms with Crippen LogP contribution in [0.15, 0.2) is 36.9 Å². The van der Waals surface area contributed by atoms with Crippen molar-refractivity contribution < 1.29 is 9.53 Å². The monoisotopic (exact) mass is 367 g/mol. The Hall–Kier alpha value is -2.67. The van der Waals surface area contributed by atoms with Crippen molar-refractivity contribution >= 4 is 16.9 Å². The summed E-state index contributed by atoms with van der Waals surface area (Å²) >= 11 is 0. The summed E-state index contributed by atoms with van der Waals surface area (Å²) in [6.45, 7) is 4.94. The summed E-state index contributed by atoms with van der Waals surface area (Å²) in [5, 5.41) is 0. The Bertz CT molecular complexity index is 902. The van der Waals surface area contributed by atoms with Crippen LogP contribution in [0.3, 0.4) is 0 Å². The number of ether oxygens (including phenoxy) is 1. The third-order valence-corrected chi connectivity index (χ3v) is 5.13. The van der Waals surface area contributed by atoms with Gasteiger partial charge in [0.1, 0.15) is 19.0 Å². The summed E-state index contributed by atoms with van der Waals surface area (Å²) in [5.41, 5.74) is 3.09. The van der Waals surface area contributed by atoms with E-state index in [1.54, 1.807) is 6.20 Å². The smallest absolute Gasteiger partial charge is 0.248 e. The minimum Gasteiger partial charge on any atom is -0.364 e. The van der Waals surface area contributed by atoms with Gasteiger partial charge in [-0.1, -0.05) is 12.1 Å². The van der Waals surface area contributed by atoms with Crippen molar-refractivity contribution in [2.24, 2.45) is 5.92 Å². The molecule has 2 aromatic heterocycles. The van der Waals surface area contributed by atoms with Gasteiger partial charge in [0.05, 0.1) is 17.4 Å². The van der Waals surface area contributed by atoms with E-state index in [0.29, 0.717) is 12.5 Å². The molecule has 27 heavy (non-hydrogen) atoms. The molecule has 1 atom stereocenters. The highest BCUT2D eigenvalue weighted by Crippen LogP contribution is 2.19. The number of hydrogen-bond acceptors (Lipinski definition) is 4. The quantitative estimate of drug-likeness (QED) is 0.726. The van der Waals surface area contributed by atoms with Crippen LogP contribution in [-0.4, -0.2) is 50.0 Å². The molecule has 142 valence electrons. The Morgan fingerprint density at radius 1 is 1.41 bits per heavy atom. The van der Waals surface area contributed by atoms with Crippen molar-refractivity contribution in [1.29, 1.82) is 0 Å². The number of fused-ring (bicyclic) bond motifs is 1. The normalized spacial score (nSPS) is 17.5. The fraction of sp³-hybridized carbons (Fsp3) is 0.450. The summed E-state index contributed by atoms with van der Waals surface area (Å²) < 4.78 is 7.73. The van der Waals surface area contributed by atoms with E-state index in [9.17, 15) is 4.79 Å². The predicted octanol–water partition coefficient (Wildman–Crippen LogP) is 2.52. The number of para-hydroxylation sites is 1. The third-order valence-electron chi connectivity index (χ3n) is 5.13. The van der Waals surface area contributed by atoms with Crippen LogP contribution < -0.4 is 0 Å². The molecule has 4 rings (SSSR count). The van der Waals surface area contributed by atoms with Crippen molar-refractivity contribution in [2.45, 2.75) is 32.9 Å². The predicted molar refractivity (Wildman–Crippen MR) is 102 cm³/mol. The first-order valence-electron chi connectivity index (χ1n) is 9.44. The molecule has 3 aromatic rings. The molecule has 3 heterocycles. The molecule has 1 unspecified atom stereocenters. The Balaban J connectivity index is 1.27. The van der Waals surface area contributed by atoms with Crippen LogP contribution in [0.2, 0.25) is 0 Å². The molecule has 7 heteroatoms. The molecule has 1 saturated heterocycles. The molecular formula is C20H25N5O2. The first-order valence-corrected chi connectivity index (χ1v) is 9.44. The lowest BCUT2D eigenvalue weighted by atomic mass is 9.98. The Morgan fingerprint density at radius 2 is 2.33 bits per heavy atom. The van der Waals surface area contributed by atoms with E-state index in [4.69, 9.17) is 4.74 Å². The topological polar surface area (TPSA) is 76.0 Å². The van der Waals surface area contributed by atoms with Crippen LogP contribution in [0.25, 0.3) is 11.0 Å². The number of aromatic nitrogens is 4. The number of nitrogens with zero attached hydrogens (tertiary/aromatic N) is 4. The van der Waals surface area contributed by atoms with Gasteiger partial charge in [0.15, 0.2) is 0 Å². The SMILES string of the molecule is Cc1cccc2[nH]c(COCC(=O)N3CCCC(Cn4ccnc4)C3)nc12. The molecule has 7 nitrogen and oxygen atoms in total. The first-order chi connectivity index (χ1) is 13.2. The van der Waals surface area contributed by atoms with Crippen LogP contribution in [0.5, 0.6) is 0 Å². The maximum Gasteiger partial charge on any atom is 0.248 e. The summed E-state index contributed by atoms with van der Waals surface area (Å²) in [6.07, 6.45) is 7.77. The van der Waals surface area contributed by atoms with Crippen molar-refractivity contribution in [2.75, 3.05) is 19.7 Å². The summed E-state index contributed by atoms with van der Waals surface area (Å²) in [7, 11) is 0. The molecule has 0 spiro atoms. The fourth-order valence-electron chi connectivity index (χ4n) is 3.75. The maximum atomic E-state index is 12.5. The van der Waals surface area contributed by atoms with Gasteiger partial charge in [0.2, 0.25) is 5.91 Å². The highest BCUT2D eigenvalue weighted by atomic mass is 16.5. The number of aryl methyl sites for hydroxylation is 1. The largest absolute Gasteiger partial charge is 0.364 e. The van der Waals surface area contributed by atoms with Gasteiger partial charge in [0.25, 0.3) is 0 Å². The molecule has 1 aliphatic rings. The molecule has 1 amide bonds. The number of amides is 1. The van der Waals surface area contributed by atoms with Gasteiger partial charge in [-0.25, -0.2) is 9.97 Å². The Morgan fingerprint density at radius 3 is 3.15 bits per heavy atom. The van der Waals surface area contributed by atoms with Crippen molar-refractivity contribution in [1.82, 2.24) is 24.4 Å². The molecule has 1 fully saturated rings. The van der Waals surface area contributed by atoms with Gasteiger partial charge in [0, 0.05) is 32.0 Å². The van der Waals surface area contributed by atoms with Gasteiger partial charge >= 0.3 is 0 Å². The second kappa shape index (κ2) is 7.92. The number of nitrogens with one attached hydrogen (secondary N) is 1. The number of hydrogen-bond donors (Lipinski definition) is 1. The number of piperidine rings is 1. The standard InChI is InChI=1S/C20H25N5O2/c1-15-4-2-6-17-20(15)23-18(22-17)12-27-13-19(26)25-8-3-5-16(11-25)10-24-9-7-21-14-24/h2,4,6-7,9,14,16H,3,5,8,10-13H2,1H3,(H,22,23). The van der Waals surface area contributed by atoms with Gasteiger partial charge in [-0.05, 0) is 37.3 Å². The zero-order valence-corrected chi connectivity index (χ0v) is 15.6. The molecule has 1 aromatic carbocycles. The fourth-order valence-corrected chi connectivity index (χ4v) is 3.75. The number of carbonyl (C=O) groups is 1. The maximum absolute atomic E-state index is 12.5.